The number of halogens is 1. The first-order valence-corrected chi connectivity index (χ1v) is 12.9. The SMILES string of the molecule is CCOc1cc(C(=O)N2C3CCC2COC3)ccc1C(=O)NCC(O)[C@@H]1Cc2cc(C)ccc2CN1.Cl. The summed E-state index contributed by atoms with van der Waals surface area (Å²) in [6, 6.07) is 11.4. The van der Waals surface area contributed by atoms with Crippen LogP contribution in [-0.4, -0.2) is 72.4 Å². The highest BCUT2D eigenvalue weighted by Crippen LogP contribution is 2.31. The first-order chi connectivity index (χ1) is 17.4. The van der Waals surface area contributed by atoms with E-state index in [2.05, 4.69) is 35.8 Å². The molecule has 0 saturated carbocycles. The number of carbonyl (C=O) groups is 2. The van der Waals surface area contributed by atoms with Gasteiger partial charge in [0, 0.05) is 24.7 Å². The molecular formula is C28H36ClN3O5. The lowest BCUT2D eigenvalue weighted by Gasteiger charge is -2.34. The summed E-state index contributed by atoms with van der Waals surface area (Å²) in [5, 5.41) is 17.0. The van der Waals surface area contributed by atoms with E-state index in [1.807, 2.05) is 11.8 Å². The van der Waals surface area contributed by atoms with Crippen molar-refractivity contribution < 1.29 is 24.2 Å². The maximum Gasteiger partial charge on any atom is 0.255 e. The number of nitrogens with one attached hydrogen (secondary N) is 2. The van der Waals surface area contributed by atoms with Crippen LogP contribution in [0.1, 0.15) is 57.2 Å². The lowest BCUT2D eigenvalue weighted by atomic mass is 9.91. The average molecular weight is 530 g/mol. The van der Waals surface area contributed by atoms with E-state index in [0.29, 0.717) is 49.7 Å². The van der Waals surface area contributed by atoms with Crippen LogP contribution in [0.4, 0.5) is 0 Å². The fraction of sp³-hybridized carbons (Fsp3) is 0.500. The number of nitrogens with zero attached hydrogens (tertiary/aromatic N) is 1. The molecule has 2 saturated heterocycles. The van der Waals surface area contributed by atoms with Crippen molar-refractivity contribution in [1.29, 1.82) is 0 Å². The third kappa shape index (κ3) is 5.77. The third-order valence-electron chi connectivity index (χ3n) is 7.54. The van der Waals surface area contributed by atoms with Crippen molar-refractivity contribution in [2.45, 2.75) is 63.9 Å². The monoisotopic (exact) mass is 529 g/mol. The van der Waals surface area contributed by atoms with Crippen LogP contribution >= 0.6 is 12.4 Å². The van der Waals surface area contributed by atoms with Gasteiger partial charge in [-0.05, 0) is 62.4 Å². The Hall–Kier alpha value is -2.65. The molecule has 4 atom stereocenters. The molecule has 0 spiro atoms. The van der Waals surface area contributed by atoms with Crippen molar-refractivity contribution in [2.75, 3.05) is 26.4 Å². The highest BCUT2D eigenvalue weighted by atomic mass is 35.5. The second-order valence-electron chi connectivity index (χ2n) is 10.0. The Labute approximate surface area is 224 Å². The minimum atomic E-state index is -0.740. The van der Waals surface area contributed by atoms with Gasteiger partial charge in [-0.25, -0.2) is 0 Å². The molecule has 5 rings (SSSR count). The van der Waals surface area contributed by atoms with E-state index in [1.165, 1.54) is 16.7 Å². The molecule has 2 aromatic rings. The third-order valence-corrected chi connectivity index (χ3v) is 7.54. The molecule has 2 amide bonds. The van der Waals surface area contributed by atoms with Crippen molar-refractivity contribution in [2.24, 2.45) is 0 Å². The number of carbonyl (C=O) groups excluding carboxylic acids is 2. The average Bonchev–Trinajstić information content (AvgIpc) is 3.13. The minimum absolute atomic E-state index is 0. The van der Waals surface area contributed by atoms with Crippen molar-refractivity contribution in [3.8, 4) is 5.75 Å². The second-order valence-corrected chi connectivity index (χ2v) is 10.0. The lowest BCUT2D eigenvalue weighted by Crippen LogP contribution is -2.49. The Bertz CT molecular complexity index is 1130. The molecule has 3 N–H and O–H groups in total. The summed E-state index contributed by atoms with van der Waals surface area (Å²) < 4.78 is 11.3. The Balaban J connectivity index is 0.00000320. The summed E-state index contributed by atoms with van der Waals surface area (Å²) in [5.41, 5.74) is 4.53. The van der Waals surface area contributed by atoms with Gasteiger partial charge in [0.15, 0.2) is 0 Å². The number of fused-ring (bicyclic) bond motifs is 3. The van der Waals surface area contributed by atoms with E-state index >= 15 is 0 Å². The van der Waals surface area contributed by atoms with E-state index in [-0.39, 0.29) is 48.9 Å². The number of aliphatic hydroxyl groups is 1. The van der Waals surface area contributed by atoms with Crippen LogP contribution in [0, 0.1) is 6.92 Å². The van der Waals surface area contributed by atoms with E-state index in [4.69, 9.17) is 9.47 Å². The molecule has 37 heavy (non-hydrogen) atoms. The zero-order valence-corrected chi connectivity index (χ0v) is 22.2. The minimum Gasteiger partial charge on any atom is -0.493 e. The molecule has 0 radical (unpaired) electrons. The fourth-order valence-electron chi connectivity index (χ4n) is 5.60. The largest absolute Gasteiger partial charge is 0.493 e. The predicted molar refractivity (Wildman–Crippen MR) is 143 cm³/mol. The van der Waals surface area contributed by atoms with Crippen molar-refractivity contribution >= 4 is 24.2 Å². The molecular weight excluding hydrogens is 494 g/mol. The first kappa shape index (κ1) is 27.4. The molecule has 9 heteroatoms. The number of rotatable bonds is 7. The van der Waals surface area contributed by atoms with Crippen molar-refractivity contribution in [3.05, 3.63) is 64.2 Å². The molecule has 8 nitrogen and oxygen atoms in total. The standard InChI is InChI=1S/C28H35N3O5.ClH/c1-3-36-26-12-18(28(34)31-21-7-8-22(31)16-35-15-21)6-9-23(26)27(33)30-14-25(32)24-11-20-10-17(2)4-5-19(20)13-29-24;/h4-6,9-10,12,21-22,24-25,29,32H,3,7-8,11,13-16H2,1-2H3,(H,30,33);1H/t21?,22?,24-,25?;/m0./s1. The van der Waals surface area contributed by atoms with Gasteiger partial charge in [-0.15, -0.1) is 12.4 Å². The van der Waals surface area contributed by atoms with Gasteiger partial charge in [-0.1, -0.05) is 23.8 Å². The number of ether oxygens (including phenoxy) is 2. The van der Waals surface area contributed by atoms with Gasteiger partial charge in [0.2, 0.25) is 0 Å². The summed E-state index contributed by atoms with van der Waals surface area (Å²) in [7, 11) is 0. The van der Waals surface area contributed by atoms with Crippen LogP contribution in [-0.2, 0) is 17.7 Å². The van der Waals surface area contributed by atoms with E-state index in [1.54, 1.807) is 18.2 Å². The van der Waals surface area contributed by atoms with Crippen LogP contribution in [0.15, 0.2) is 36.4 Å². The Morgan fingerprint density at radius 1 is 1.16 bits per heavy atom. The fourth-order valence-corrected chi connectivity index (χ4v) is 5.60. The number of aliphatic hydroxyl groups excluding tert-OH is 1. The highest BCUT2D eigenvalue weighted by Gasteiger charge is 2.40. The van der Waals surface area contributed by atoms with E-state index in [9.17, 15) is 14.7 Å². The number of aryl methyl sites for hydroxylation is 1. The van der Waals surface area contributed by atoms with Gasteiger partial charge in [0.1, 0.15) is 5.75 Å². The van der Waals surface area contributed by atoms with Gasteiger partial charge in [-0.2, -0.15) is 0 Å². The van der Waals surface area contributed by atoms with Crippen LogP contribution in [0.2, 0.25) is 0 Å². The molecule has 200 valence electrons. The second kappa shape index (κ2) is 11.8. The molecule has 0 aliphatic carbocycles. The smallest absolute Gasteiger partial charge is 0.255 e. The molecule has 2 fully saturated rings. The zero-order valence-electron chi connectivity index (χ0n) is 21.4. The summed E-state index contributed by atoms with van der Waals surface area (Å²) >= 11 is 0. The van der Waals surface area contributed by atoms with Gasteiger partial charge in [0.25, 0.3) is 11.8 Å². The van der Waals surface area contributed by atoms with Crippen molar-refractivity contribution in [3.63, 3.8) is 0 Å². The van der Waals surface area contributed by atoms with E-state index < -0.39 is 6.10 Å². The first-order valence-electron chi connectivity index (χ1n) is 12.9. The summed E-state index contributed by atoms with van der Waals surface area (Å²) in [6.07, 6.45) is 1.88. The maximum atomic E-state index is 13.3. The quantitative estimate of drug-likeness (QED) is 0.510. The van der Waals surface area contributed by atoms with E-state index in [0.717, 1.165) is 12.8 Å². The summed E-state index contributed by atoms with van der Waals surface area (Å²) in [4.78, 5) is 28.2. The van der Waals surface area contributed by atoms with Crippen molar-refractivity contribution in [1.82, 2.24) is 15.5 Å². The highest BCUT2D eigenvalue weighted by molar-refractivity contribution is 6.00. The molecule has 3 aliphatic rings. The normalized spacial score (nSPS) is 23.0. The number of amides is 2. The number of hydrogen-bond donors (Lipinski definition) is 3. The topological polar surface area (TPSA) is 100 Å². The molecule has 2 aromatic carbocycles. The zero-order chi connectivity index (χ0) is 25.2. The van der Waals surface area contributed by atoms with Crippen LogP contribution in [0.5, 0.6) is 5.75 Å². The molecule has 0 aromatic heterocycles. The molecule has 3 aliphatic heterocycles. The predicted octanol–water partition coefficient (Wildman–Crippen LogP) is 2.62. The van der Waals surface area contributed by atoms with Gasteiger partial charge in [-0.3, -0.25) is 9.59 Å². The summed E-state index contributed by atoms with van der Waals surface area (Å²) in [6.45, 7) is 6.23. The molecule has 3 heterocycles. The Kier molecular flexibility index (Phi) is 8.75. The molecule has 2 bridgehead atoms. The summed E-state index contributed by atoms with van der Waals surface area (Å²) in [5.74, 6) is -0.0147. The Morgan fingerprint density at radius 2 is 1.92 bits per heavy atom. The number of morpholine rings is 1. The Morgan fingerprint density at radius 3 is 2.65 bits per heavy atom. The number of benzene rings is 2. The van der Waals surface area contributed by atoms with Crippen LogP contribution in [0.3, 0.4) is 0 Å². The maximum absolute atomic E-state index is 13.3. The van der Waals surface area contributed by atoms with Gasteiger partial charge >= 0.3 is 0 Å². The van der Waals surface area contributed by atoms with Crippen LogP contribution < -0.4 is 15.4 Å². The molecule has 3 unspecified atom stereocenters. The van der Waals surface area contributed by atoms with Crippen LogP contribution in [0.25, 0.3) is 0 Å². The van der Waals surface area contributed by atoms with Gasteiger partial charge in [0.05, 0.1) is 43.6 Å². The van der Waals surface area contributed by atoms with Gasteiger partial charge < -0.3 is 30.1 Å². The lowest BCUT2D eigenvalue weighted by molar-refractivity contribution is -0.00717. The number of hydrogen-bond acceptors (Lipinski definition) is 6.